The third kappa shape index (κ3) is 3.29. The van der Waals surface area contributed by atoms with Crippen molar-refractivity contribution in [2.24, 2.45) is 5.92 Å². The van der Waals surface area contributed by atoms with Crippen molar-refractivity contribution in [3.8, 4) is 0 Å². The van der Waals surface area contributed by atoms with Gasteiger partial charge in [0.25, 0.3) is 0 Å². The van der Waals surface area contributed by atoms with Gasteiger partial charge in [-0.25, -0.2) is 0 Å². The summed E-state index contributed by atoms with van der Waals surface area (Å²) in [6, 6.07) is 3.83. The average Bonchev–Trinajstić information content (AvgIpc) is 2.39. The number of piperidine rings is 1. The molecule has 4 heteroatoms. The molecule has 98 valence electrons. The second-order valence-corrected chi connectivity index (χ2v) is 5.15. The van der Waals surface area contributed by atoms with Crippen molar-refractivity contribution in [1.29, 1.82) is 0 Å². The van der Waals surface area contributed by atoms with Crippen molar-refractivity contribution in [3.63, 3.8) is 0 Å². The highest BCUT2D eigenvalue weighted by molar-refractivity contribution is 5.82. The Morgan fingerprint density at radius 2 is 2.44 bits per heavy atom. The summed E-state index contributed by atoms with van der Waals surface area (Å²) < 4.78 is 0. The van der Waals surface area contributed by atoms with E-state index in [2.05, 4.69) is 22.5 Å². The van der Waals surface area contributed by atoms with Crippen LogP contribution in [0.4, 0.5) is 0 Å². The van der Waals surface area contributed by atoms with E-state index in [1.807, 2.05) is 19.1 Å². The number of hydrogen-bond acceptors (Lipinski definition) is 3. The summed E-state index contributed by atoms with van der Waals surface area (Å²) in [5.74, 6) is 0.716. The molecule has 1 aliphatic rings. The maximum atomic E-state index is 12.1. The summed E-state index contributed by atoms with van der Waals surface area (Å²) in [7, 11) is 0. The third-order valence-corrected chi connectivity index (χ3v) is 3.53. The van der Waals surface area contributed by atoms with Crippen molar-refractivity contribution in [2.45, 2.75) is 38.8 Å². The summed E-state index contributed by atoms with van der Waals surface area (Å²) in [4.78, 5) is 16.2. The zero-order chi connectivity index (χ0) is 13.0. The highest BCUT2D eigenvalue weighted by Gasteiger charge is 2.25. The number of aromatic nitrogens is 1. The van der Waals surface area contributed by atoms with Crippen LogP contribution >= 0.6 is 0 Å². The summed E-state index contributed by atoms with van der Waals surface area (Å²) in [5, 5.41) is 6.32. The van der Waals surface area contributed by atoms with Gasteiger partial charge in [0.05, 0.1) is 12.1 Å². The fourth-order valence-corrected chi connectivity index (χ4v) is 2.34. The smallest absolute Gasteiger partial charge is 0.237 e. The standard InChI is InChI=1S/C14H21N3O/c1-10-5-7-16-13(8-10)14(18)17-11(2)12-4-3-6-15-9-12/h3-4,6,9-11,13,16H,5,7-8H2,1-2H3,(H,17,18). The second-order valence-electron chi connectivity index (χ2n) is 5.15. The van der Waals surface area contributed by atoms with Gasteiger partial charge in [0, 0.05) is 12.4 Å². The molecule has 1 amide bonds. The van der Waals surface area contributed by atoms with Crippen LogP contribution in [-0.2, 0) is 4.79 Å². The first-order valence-corrected chi connectivity index (χ1v) is 6.60. The quantitative estimate of drug-likeness (QED) is 0.854. The van der Waals surface area contributed by atoms with Gasteiger partial charge in [-0.2, -0.15) is 0 Å². The molecule has 0 spiro atoms. The lowest BCUT2D eigenvalue weighted by molar-refractivity contribution is -0.124. The van der Waals surface area contributed by atoms with Gasteiger partial charge in [0.15, 0.2) is 0 Å². The topological polar surface area (TPSA) is 54.0 Å². The highest BCUT2D eigenvalue weighted by atomic mass is 16.2. The minimum atomic E-state index is -0.0483. The molecule has 0 saturated carbocycles. The van der Waals surface area contributed by atoms with Gasteiger partial charge in [-0.15, -0.1) is 0 Å². The normalized spacial score (nSPS) is 25.4. The Bertz CT molecular complexity index is 393. The number of carbonyl (C=O) groups excluding carboxylic acids is 1. The number of pyridine rings is 1. The zero-order valence-electron chi connectivity index (χ0n) is 11.0. The predicted molar refractivity (Wildman–Crippen MR) is 71.0 cm³/mol. The molecule has 1 aromatic rings. The Balaban J connectivity index is 1.91. The van der Waals surface area contributed by atoms with Crippen LogP contribution in [-0.4, -0.2) is 23.5 Å². The maximum absolute atomic E-state index is 12.1. The van der Waals surface area contributed by atoms with Crippen LogP contribution in [0.3, 0.4) is 0 Å². The molecule has 2 N–H and O–H groups in total. The molecule has 18 heavy (non-hydrogen) atoms. The average molecular weight is 247 g/mol. The number of amides is 1. The zero-order valence-corrected chi connectivity index (χ0v) is 11.0. The van der Waals surface area contributed by atoms with Gasteiger partial charge >= 0.3 is 0 Å². The monoisotopic (exact) mass is 247 g/mol. The molecule has 1 aromatic heterocycles. The molecule has 0 radical (unpaired) electrons. The number of rotatable bonds is 3. The summed E-state index contributed by atoms with van der Waals surface area (Å²) in [6.45, 7) is 5.12. The molecule has 1 saturated heterocycles. The van der Waals surface area contributed by atoms with E-state index in [0.29, 0.717) is 5.92 Å². The second kappa shape index (κ2) is 5.96. The van der Waals surface area contributed by atoms with Crippen LogP contribution in [0.15, 0.2) is 24.5 Å². The van der Waals surface area contributed by atoms with E-state index in [-0.39, 0.29) is 18.0 Å². The fourth-order valence-electron chi connectivity index (χ4n) is 2.34. The third-order valence-electron chi connectivity index (χ3n) is 3.53. The number of hydrogen-bond donors (Lipinski definition) is 2. The van der Waals surface area contributed by atoms with Crippen LogP contribution in [0.1, 0.15) is 38.3 Å². The van der Waals surface area contributed by atoms with Crippen LogP contribution < -0.4 is 10.6 Å². The van der Waals surface area contributed by atoms with E-state index in [9.17, 15) is 4.79 Å². The molecule has 3 atom stereocenters. The first-order chi connectivity index (χ1) is 8.66. The van der Waals surface area contributed by atoms with Gasteiger partial charge in [-0.3, -0.25) is 9.78 Å². The lowest BCUT2D eigenvalue weighted by atomic mass is 9.93. The molecule has 1 aliphatic heterocycles. The molecular weight excluding hydrogens is 226 g/mol. The maximum Gasteiger partial charge on any atom is 0.237 e. The lowest BCUT2D eigenvalue weighted by Gasteiger charge is -2.28. The SMILES string of the molecule is CC1CCNC(C(=O)NC(C)c2cccnc2)C1. The van der Waals surface area contributed by atoms with Crippen molar-refractivity contribution >= 4 is 5.91 Å². The summed E-state index contributed by atoms with van der Waals surface area (Å²) in [6.07, 6.45) is 5.61. The first-order valence-electron chi connectivity index (χ1n) is 6.60. The van der Waals surface area contributed by atoms with E-state index >= 15 is 0 Å². The Kier molecular flexibility index (Phi) is 4.31. The van der Waals surface area contributed by atoms with E-state index in [1.54, 1.807) is 12.4 Å². The van der Waals surface area contributed by atoms with Gasteiger partial charge in [-0.1, -0.05) is 13.0 Å². The minimum Gasteiger partial charge on any atom is -0.348 e. The molecule has 0 aliphatic carbocycles. The van der Waals surface area contributed by atoms with E-state index in [0.717, 1.165) is 24.9 Å². The van der Waals surface area contributed by atoms with E-state index in [4.69, 9.17) is 0 Å². The Morgan fingerprint density at radius 1 is 1.61 bits per heavy atom. The van der Waals surface area contributed by atoms with Crippen LogP contribution in [0, 0.1) is 5.92 Å². The Morgan fingerprint density at radius 3 is 3.11 bits per heavy atom. The lowest BCUT2D eigenvalue weighted by Crippen LogP contribution is -2.48. The molecule has 1 fully saturated rings. The van der Waals surface area contributed by atoms with E-state index < -0.39 is 0 Å². The molecule has 4 nitrogen and oxygen atoms in total. The predicted octanol–water partition coefficient (Wildman–Crippen LogP) is 1.65. The minimum absolute atomic E-state index is 0.00485. The molecule has 2 heterocycles. The molecule has 3 unspecified atom stereocenters. The van der Waals surface area contributed by atoms with Crippen molar-refractivity contribution in [3.05, 3.63) is 30.1 Å². The van der Waals surface area contributed by atoms with Crippen molar-refractivity contribution < 1.29 is 4.79 Å². The molecular formula is C14H21N3O. The number of nitrogens with zero attached hydrogens (tertiary/aromatic N) is 1. The fraction of sp³-hybridized carbons (Fsp3) is 0.571. The van der Waals surface area contributed by atoms with Gasteiger partial charge in [0.2, 0.25) is 5.91 Å². The highest BCUT2D eigenvalue weighted by Crippen LogP contribution is 2.16. The first kappa shape index (κ1) is 13.0. The molecule has 0 bridgehead atoms. The van der Waals surface area contributed by atoms with Crippen LogP contribution in [0.25, 0.3) is 0 Å². The molecule has 0 aromatic carbocycles. The van der Waals surface area contributed by atoms with Crippen LogP contribution in [0.2, 0.25) is 0 Å². The Labute approximate surface area is 108 Å². The van der Waals surface area contributed by atoms with Crippen molar-refractivity contribution in [1.82, 2.24) is 15.6 Å². The van der Waals surface area contributed by atoms with Gasteiger partial charge < -0.3 is 10.6 Å². The Hall–Kier alpha value is -1.42. The molecule has 2 rings (SSSR count). The van der Waals surface area contributed by atoms with Crippen LogP contribution in [0.5, 0.6) is 0 Å². The summed E-state index contributed by atoms with van der Waals surface area (Å²) in [5.41, 5.74) is 1.04. The number of nitrogens with one attached hydrogen (secondary N) is 2. The number of carbonyl (C=O) groups is 1. The van der Waals surface area contributed by atoms with Gasteiger partial charge in [-0.05, 0) is 43.9 Å². The van der Waals surface area contributed by atoms with Crippen molar-refractivity contribution in [2.75, 3.05) is 6.54 Å². The largest absolute Gasteiger partial charge is 0.348 e. The summed E-state index contributed by atoms with van der Waals surface area (Å²) >= 11 is 0. The van der Waals surface area contributed by atoms with E-state index in [1.165, 1.54) is 0 Å². The van der Waals surface area contributed by atoms with Gasteiger partial charge in [0.1, 0.15) is 0 Å².